The second-order valence-corrected chi connectivity index (χ2v) is 4.35. The standard InChI is InChI=1S/C9H8N8OS/c1-5-15-16-9(18-5)19-8-13-6(10)12-7(14-8)17-3-2-11-4-17/h2-4H,1H3,(H2,10,12,13,14). The van der Waals surface area contributed by atoms with Crippen LogP contribution in [0.3, 0.4) is 0 Å². The molecule has 10 heteroatoms. The van der Waals surface area contributed by atoms with E-state index in [0.717, 1.165) is 11.8 Å². The number of aromatic nitrogens is 7. The van der Waals surface area contributed by atoms with Crippen LogP contribution in [-0.4, -0.2) is 34.7 Å². The van der Waals surface area contributed by atoms with Crippen LogP contribution in [0.4, 0.5) is 5.95 Å². The average molecular weight is 276 g/mol. The molecule has 0 aliphatic heterocycles. The molecular formula is C9H8N8OS. The van der Waals surface area contributed by atoms with E-state index in [-0.39, 0.29) is 5.95 Å². The van der Waals surface area contributed by atoms with Gasteiger partial charge in [0.15, 0.2) is 0 Å². The number of nitrogens with zero attached hydrogens (tertiary/aromatic N) is 7. The maximum atomic E-state index is 5.65. The second kappa shape index (κ2) is 4.65. The lowest BCUT2D eigenvalue weighted by atomic mass is 10.8. The molecule has 9 nitrogen and oxygen atoms in total. The van der Waals surface area contributed by atoms with E-state index in [9.17, 15) is 0 Å². The highest BCUT2D eigenvalue weighted by Crippen LogP contribution is 2.23. The first kappa shape index (κ1) is 11.6. The quantitative estimate of drug-likeness (QED) is 0.727. The molecule has 0 aromatic carbocycles. The fourth-order valence-electron chi connectivity index (χ4n) is 1.30. The minimum atomic E-state index is 0.109. The minimum Gasteiger partial charge on any atom is -0.416 e. The number of anilines is 1. The predicted octanol–water partition coefficient (Wildman–Crippen LogP) is 0.482. The first-order chi connectivity index (χ1) is 9.20. The summed E-state index contributed by atoms with van der Waals surface area (Å²) in [6, 6.07) is 0. The lowest BCUT2D eigenvalue weighted by Crippen LogP contribution is -2.05. The summed E-state index contributed by atoms with van der Waals surface area (Å²) < 4.78 is 6.86. The summed E-state index contributed by atoms with van der Waals surface area (Å²) in [5.74, 6) is 0.959. The van der Waals surface area contributed by atoms with Gasteiger partial charge in [0.05, 0.1) is 0 Å². The Kier molecular flexibility index (Phi) is 2.83. The first-order valence-electron chi connectivity index (χ1n) is 5.18. The SMILES string of the molecule is Cc1nnc(Sc2nc(N)nc(-n3ccnc3)n2)o1. The number of hydrogen-bond donors (Lipinski definition) is 1. The zero-order chi connectivity index (χ0) is 13.2. The number of aryl methyl sites for hydroxylation is 1. The molecule has 0 saturated carbocycles. The van der Waals surface area contributed by atoms with Gasteiger partial charge in [0, 0.05) is 31.1 Å². The summed E-state index contributed by atoms with van der Waals surface area (Å²) in [7, 11) is 0. The van der Waals surface area contributed by atoms with Gasteiger partial charge in [-0.05, 0) is 0 Å². The topological polar surface area (TPSA) is 121 Å². The lowest BCUT2D eigenvalue weighted by Gasteiger charge is -2.02. The second-order valence-electron chi connectivity index (χ2n) is 3.44. The maximum absolute atomic E-state index is 5.65. The molecular weight excluding hydrogens is 268 g/mol. The van der Waals surface area contributed by atoms with E-state index in [0.29, 0.717) is 22.2 Å². The summed E-state index contributed by atoms with van der Waals surface area (Å²) in [6.07, 6.45) is 4.90. The number of imidazole rings is 1. The summed E-state index contributed by atoms with van der Waals surface area (Å²) >= 11 is 1.12. The number of hydrogen-bond acceptors (Lipinski definition) is 9. The molecule has 0 aliphatic rings. The Hall–Kier alpha value is -2.49. The zero-order valence-corrected chi connectivity index (χ0v) is 10.6. The first-order valence-corrected chi connectivity index (χ1v) is 6.00. The van der Waals surface area contributed by atoms with Gasteiger partial charge in [-0.2, -0.15) is 15.0 Å². The molecule has 3 aromatic heterocycles. The van der Waals surface area contributed by atoms with Gasteiger partial charge < -0.3 is 10.2 Å². The minimum absolute atomic E-state index is 0.109. The van der Waals surface area contributed by atoms with Crippen LogP contribution < -0.4 is 5.73 Å². The molecule has 0 aliphatic carbocycles. The van der Waals surface area contributed by atoms with Crippen molar-refractivity contribution >= 4 is 17.7 Å². The Labute approximate surface area is 111 Å². The van der Waals surface area contributed by atoms with Gasteiger partial charge in [-0.3, -0.25) is 4.57 Å². The number of nitrogen functional groups attached to an aromatic ring is 1. The van der Waals surface area contributed by atoms with E-state index < -0.39 is 0 Å². The van der Waals surface area contributed by atoms with Crippen LogP contribution in [0, 0.1) is 6.92 Å². The van der Waals surface area contributed by atoms with Gasteiger partial charge >= 0.3 is 0 Å². The van der Waals surface area contributed by atoms with Crippen molar-refractivity contribution in [1.29, 1.82) is 0 Å². The van der Waals surface area contributed by atoms with Gasteiger partial charge in [-0.25, -0.2) is 4.98 Å². The average Bonchev–Trinajstić information content (AvgIpc) is 3.00. The van der Waals surface area contributed by atoms with Gasteiger partial charge in [0.1, 0.15) is 6.33 Å². The smallest absolute Gasteiger partial charge is 0.284 e. The molecule has 0 spiro atoms. The highest BCUT2D eigenvalue weighted by molar-refractivity contribution is 7.98. The van der Waals surface area contributed by atoms with Gasteiger partial charge in [0.25, 0.3) is 5.22 Å². The normalized spacial score (nSPS) is 10.8. The molecule has 2 N–H and O–H groups in total. The Morgan fingerprint density at radius 2 is 2.16 bits per heavy atom. The van der Waals surface area contributed by atoms with E-state index in [1.807, 2.05) is 0 Å². The van der Waals surface area contributed by atoms with Gasteiger partial charge in [0.2, 0.25) is 22.9 Å². The van der Waals surface area contributed by atoms with Crippen LogP contribution in [0.2, 0.25) is 0 Å². The third-order valence-electron chi connectivity index (χ3n) is 2.04. The molecule has 3 heterocycles. The monoisotopic (exact) mass is 276 g/mol. The molecule has 0 saturated heterocycles. The maximum Gasteiger partial charge on any atom is 0.284 e. The Morgan fingerprint density at radius 3 is 2.84 bits per heavy atom. The Morgan fingerprint density at radius 1 is 1.26 bits per heavy atom. The molecule has 0 fully saturated rings. The molecule has 96 valence electrons. The van der Waals surface area contributed by atoms with Gasteiger partial charge in [-0.15, -0.1) is 10.2 Å². The molecule has 0 atom stereocenters. The van der Waals surface area contributed by atoms with Crippen molar-refractivity contribution in [1.82, 2.24) is 34.7 Å². The van der Waals surface area contributed by atoms with Crippen molar-refractivity contribution in [2.24, 2.45) is 0 Å². The van der Waals surface area contributed by atoms with Crippen LogP contribution in [0.15, 0.2) is 33.5 Å². The fraction of sp³-hybridized carbons (Fsp3) is 0.111. The summed E-state index contributed by atoms with van der Waals surface area (Å²) in [6.45, 7) is 1.70. The van der Waals surface area contributed by atoms with Crippen LogP contribution in [0.25, 0.3) is 5.95 Å². The largest absolute Gasteiger partial charge is 0.416 e. The molecule has 3 aromatic rings. The van der Waals surface area contributed by atoms with E-state index in [4.69, 9.17) is 10.2 Å². The Bertz CT molecular complexity index is 694. The molecule has 3 rings (SSSR count). The van der Waals surface area contributed by atoms with E-state index in [1.165, 1.54) is 0 Å². The molecule has 0 radical (unpaired) electrons. The fourth-order valence-corrected chi connectivity index (χ4v) is 1.96. The summed E-state index contributed by atoms with van der Waals surface area (Å²) in [5, 5.41) is 8.29. The zero-order valence-electron chi connectivity index (χ0n) is 9.76. The highest BCUT2D eigenvalue weighted by Gasteiger charge is 2.11. The van der Waals surface area contributed by atoms with Crippen molar-refractivity contribution in [3.8, 4) is 5.95 Å². The third-order valence-corrected chi connectivity index (χ3v) is 2.75. The molecule has 0 bridgehead atoms. The third kappa shape index (κ3) is 2.52. The van der Waals surface area contributed by atoms with Crippen molar-refractivity contribution in [3.63, 3.8) is 0 Å². The highest BCUT2D eigenvalue weighted by atomic mass is 32.2. The van der Waals surface area contributed by atoms with Crippen LogP contribution >= 0.6 is 11.8 Å². The van der Waals surface area contributed by atoms with Crippen molar-refractivity contribution in [2.75, 3.05) is 5.73 Å². The van der Waals surface area contributed by atoms with Gasteiger partial charge in [-0.1, -0.05) is 0 Å². The number of rotatable bonds is 3. The lowest BCUT2D eigenvalue weighted by molar-refractivity contribution is 0.429. The number of nitrogens with two attached hydrogens (primary N) is 1. The summed E-state index contributed by atoms with van der Waals surface area (Å²) in [5.41, 5.74) is 5.65. The van der Waals surface area contributed by atoms with E-state index in [2.05, 4.69) is 30.1 Å². The molecule has 0 unspecified atom stereocenters. The van der Waals surface area contributed by atoms with E-state index in [1.54, 1.807) is 30.2 Å². The van der Waals surface area contributed by atoms with Crippen molar-refractivity contribution in [2.45, 2.75) is 17.3 Å². The van der Waals surface area contributed by atoms with E-state index >= 15 is 0 Å². The van der Waals surface area contributed by atoms with Crippen LogP contribution in [-0.2, 0) is 0 Å². The Balaban J connectivity index is 1.94. The summed E-state index contributed by atoms with van der Waals surface area (Å²) in [4.78, 5) is 16.2. The van der Waals surface area contributed by atoms with Crippen molar-refractivity contribution < 1.29 is 4.42 Å². The van der Waals surface area contributed by atoms with Crippen molar-refractivity contribution in [3.05, 3.63) is 24.6 Å². The van der Waals surface area contributed by atoms with Crippen LogP contribution in [0.1, 0.15) is 5.89 Å². The molecule has 0 amide bonds. The van der Waals surface area contributed by atoms with Crippen LogP contribution in [0.5, 0.6) is 0 Å². The molecule has 19 heavy (non-hydrogen) atoms. The predicted molar refractivity (Wildman–Crippen MR) is 64.5 cm³/mol.